The lowest BCUT2D eigenvalue weighted by molar-refractivity contribution is -0.138. The molecule has 1 spiro atoms. The molecule has 2 saturated heterocycles. The summed E-state index contributed by atoms with van der Waals surface area (Å²) in [6, 6.07) is 5.92. The number of carboxylic acids is 1. The number of urea groups is 1. The van der Waals surface area contributed by atoms with Crippen LogP contribution in [0.5, 0.6) is 0 Å². The summed E-state index contributed by atoms with van der Waals surface area (Å²) < 4.78 is 0. The van der Waals surface area contributed by atoms with E-state index in [1.807, 2.05) is 0 Å². The lowest BCUT2D eigenvalue weighted by Gasteiger charge is -2.37. The number of carbonyl (C=O) groups excluding carboxylic acids is 3. The first-order valence-electron chi connectivity index (χ1n) is 9.33. The highest BCUT2D eigenvalue weighted by molar-refractivity contribution is 6.07. The second-order valence-corrected chi connectivity index (χ2v) is 7.25. The molecule has 0 saturated carbocycles. The lowest BCUT2D eigenvalue weighted by atomic mass is 9.87. The first-order valence-corrected chi connectivity index (χ1v) is 9.33. The molecular weight excluding hydrogens is 390 g/mol. The molecule has 0 aromatic heterocycles. The maximum Gasteiger partial charge on any atom is 0.325 e. The van der Waals surface area contributed by atoms with Gasteiger partial charge in [0.05, 0.1) is 0 Å². The lowest BCUT2D eigenvalue weighted by Crippen LogP contribution is -2.55. The fraction of sp³-hybridized carbons (Fsp3) is 0.450. The molecule has 0 aliphatic carbocycles. The number of imide groups is 1. The largest absolute Gasteiger partial charge is 0.481 e. The number of nitrogens with one attached hydrogen (secondary N) is 2. The van der Waals surface area contributed by atoms with Crippen molar-refractivity contribution in [2.45, 2.75) is 38.6 Å². The summed E-state index contributed by atoms with van der Waals surface area (Å²) in [5.74, 6) is -1.60. The fourth-order valence-corrected chi connectivity index (χ4v) is 3.67. The maximum atomic E-state index is 12.8. The van der Waals surface area contributed by atoms with Crippen molar-refractivity contribution in [3.63, 3.8) is 0 Å². The summed E-state index contributed by atoms with van der Waals surface area (Å²) in [5.41, 5.74) is 5.38. The minimum absolute atomic E-state index is 0. The van der Waals surface area contributed by atoms with E-state index in [1.165, 1.54) is 0 Å². The highest BCUT2D eigenvalue weighted by Gasteiger charge is 2.52. The molecule has 1 aromatic carbocycles. The standard InChI is InChI=1S/C19H23N5O5.CH4/c20-15(21)12-3-5-13(6-4-12)16(27)23-10-7-19(8-11-23)17(28)24(18(29)22-19)9-1-2-14(25)26;/h3-6H,1-2,7-11H2,(H3,20,21)(H,22,29)(H,25,26);1H4. The topological polar surface area (TPSA) is 157 Å². The van der Waals surface area contributed by atoms with Gasteiger partial charge in [-0.15, -0.1) is 0 Å². The zero-order valence-corrected chi connectivity index (χ0v) is 15.8. The number of piperidine rings is 1. The number of hydrogen-bond acceptors (Lipinski definition) is 5. The third kappa shape index (κ3) is 4.42. The third-order valence-corrected chi connectivity index (χ3v) is 5.37. The predicted molar refractivity (Wildman–Crippen MR) is 109 cm³/mol. The van der Waals surface area contributed by atoms with Gasteiger partial charge in [-0.1, -0.05) is 19.6 Å². The van der Waals surface area contributed by atoms with Crippen molar-refractivity contribution in [1.82, 2.24) is 15.1 Å². The van der Waals surface area contributed by atoms with E-state index in [4.69, 9.17) is 16.2 Å². The Morgan fingerprint density at radius 2 is 1.70 bits per heavy atom. The minimum Gasteiger partial charge on any atom is -0.481 e. The van der Waals surface area contributed by atoms with Crippen LogP contribution in [0.2, 0.25) is 0 Å². The number of benzene rings is 1. The van der Waals surface area contributed by atoms with E-state index in [2.05, 4.69) is 5.32 Å². The number of amides is 4. The summed E-state index contributed by atoms with van der Waals surface area (Å²) in [6.07, 6.45) is 0.675. The van der Waals surface area contributed by atoms with Crippen LogP contribution < -0.4 is 11.1 Å². The van der Waals surface area contributed by atoms with Gasteiger partial charge in [-0.2, -0.15) is 0 Å². The van der Waals surface area contributed by atoms with Crippen molar-refractivity contribution in [2.75, 3.05) is 19.6 Å². The van der Waals surface area contributed by atoms with Crippen LogP contribution >= 0.6 is 0 Å². The van der Waals surface area contributed by atoms with Gasteiger partial charge in [0.2, 0.25) is 0 Å². The first-order chi connectivity index (χ1) is 13.7. The molecule has 3 rings (SSSR count). The quantitative estimate of drug-likeness (QED) is 0.307. The van der Waals surface area contributed by atoms with Gasteiger partial charge in [-0.05, 0) is 31.4 Å². The Bertz CT molecular complexity index is 859. The number of nitrogens with two attached hydrogens (primary N) is 1. The Morgan fingerprint density at radius 3 is 2.23 bits per heavy atom. The van der Waals surface area contributed by atoms with Crippen LogP contribution in [0.1, 0.15) is 49.0 Å². The molecular formula is C20H27N5O5. The Morgan fingerprint density at radius 1 is 1.13 bits per heavy atom. The molecule has 162 valence electrons. The van der Waals surface area contributed by atoms with E-state index in [-0.39, 0.29) is 44.5 Å². The third-order valence-electron chi connectivity index (χ3n) is 5.37. The molecule has 2 aliphatic rings. The van der Waals surface area contributed by atoms with Gasteiger partial charge in [-0.25, -0.2) is 4.79 Å². The van der Waals surface area contributed by atoms with Crippen molar-refractivity contribution >= 4 is 29.7 Å². The van der Waals surface area contributed by atoms with E-state index < -0.39 is 17.5 Å². The number of aliphatic carboxylic acids is 1. The first kappa shape index (κ1) is 22.9. The van der Waals surface area contributed by atoms with E-state index in [0.29, 0.717) is 37.1 Å². The highest BCUT2D eigenvalue weighted by Crippen LogP contribution is 2.30. The molecule has 0 atom stereocenters. The zero-order valence-electron chi connectivity index (χ0n) is 15.8. The number of hydrogen-bond donors (Lipinski definition) is 4. The van der Waals surface area contributed by atoms with Crippen molar-refractivity contribution in [2.24, 2.45) is 5.73 Å². The van der Waals surface area contributed by atoms with Crippen LogP contribution in [-0.2, 0) is 9.59 Å². The second-order valence-electron chi connectivity index (χ2n) is 7.25. The Kier molecular flexibility index (Phi) is 6.81. The van der Waals surface area contributed by atoms with E-state index in [9.17, 15) is 19.2 Å². The van der Waals surface area contributed by atoms with Crippen molar-refractivity contribution in [3.05, 3.63) is 35.4 Å². The Hall–Kier alpha value is -3.43. The van der Waals surface area contributed by atoms with Gasteiger partial charge in [0.15, 0.2) is 0 Å². The van der Waals surface area contributed by atoms with Crippen LogP contribution in [-0.4, -0.2) is 69.7 Å². The molecule has 0 unspecified atom stereocenters. The predicted octanol–water partition coefficient (Wildman–Crippen LogP) is 0.998. The molecule has 5 N–H and O–H groups in total. The molecule has 0 radical (unpaired) electrons. The van der Waals surface area contributed by atoms with Crippen molar-refractivity contribution in [3.8, 4) is 0 Å². The van der Waals surface area contributed by atoms with Gasteiger partial charge in [0, 0.05) is 37.2 Å². The average molecular weight is 417 g/mol. The van der Waals surface area contributed by atoms with Crippen LogP contribution in [0.25, 0.3) is 0 Å². The Balaban J connectivity index is 0.00000320. The number of likely N-dealkylation sites (tertiary alicyclic amines) is 1. The summed E-state index contributed by atoms with van der Waals surface area (Å²) in [5, 5.41) is 18.9. The maximum absolute atomic E-state index is 12.8. The molecule has 10 nitrogen and oxygen atoms in total. The SMILES string of the molecule is C.N=C(N)c1ccc(C(=O)N2CCC3(CC2)NC(=O)N(CCCC(=O)O)C3=O)cc1. The molecule has 10 heteroatoms. The minimum atomic E-state index is -1.03. The van der Waals surface area contributed by atoms with E-state index in [0.717, 1.165) is 4.90 Å². The van der Waals surface area contributed by atoms with Crippen molar-refractivity contribution < 1.29 is 24.3 Å². The van der Waals surface area contributed by atoms with Gasteiger partial charge in [0.25, 0.3) is 11.8 Å². The van der Waals surface area contributed by atoms with Crippen LogP contribution in [0.3, 0.4) is 0 Å². The smallest absolute Gasteiger partial charge is 0.325 e. The molecule has 2 heterocycles. The number of nitrogens with zero attached hydrogens (tertiary/aromatic N) is 2. The molecule has 30 heavy (non-hydrogen) atoms. The molecule has 4 amide bonds. The summed E-state index contributed by atoms with van der Waals surface area (Å²) >= 11 is 0. The van der Waals surface area contributed by atoms with E-state index in [1.54, 1.807) is 29.2 Å². The van der Waals surface area contributed by atoms with Gasteiger partial charge >= 0.3 is 12.0 Å². The summed E-state index contributed by atoms with van der Waals surface area (Å²) in [4.78, 5) is 51.0. The summed E-state index contributed by atoms with van der Waals surface area (Å²) in [7, 11) is 0. The van der Waals surface area contributed by atoms with Crippen molar-refractivity contribution in [1.29, 1.82) is 5.41 Å². The van der Waals surface area contributed by atoms with E-state index >= 15 is 0 Å². The number of carbonyl (C=O) groups is 4. The van der Waals surface area contributed by atoms with Gasteiger partial charge in [-0.3, -0.25) is 24.7 Å². The number of amidine groups is 1. The second kappa shape index (κ2) is 8.93. The fourth-order valence-electron chi connectivity index (χ4n) is 3.67. The average Bonchev–Trinajstić information content (AvgIpc) is 2.92. The number of rotatable bonds is 6. The van der Waals surface area contributed by atoms with Gasteiger partial charge in [0.1, 0.15) is 11.4 Å². The Labute approximate surface area is 174 Å². The van der Waals surface area contributed by atoms with Crippen LogP contribution in [0.15, 0.2) is 24.3 Å². The summed E-state index contributed by atoms with van der Waals surface area (Å²) in [6.45, 7) is 0.675. The molecule has 2 aliphatic heterocycles. The molecule has 2 fully saturated rings. The number of carboxylic acid groups (broad SMARTS) is 1. The molecule has 0 bridgehead atoms. The molecule has 1 aromatic rings. The normalized spacial score (nSPS) is 17.5. The monoisotopic (exact) mass is 417 g/mol. The zero-order chi connectivity index (χ0) is 21.2. The van der Waals surface area contributed by atoms with Gasteiger partial charge < -0.3 is 21.1 Å². The number of nitrogen functional groups attached to an aromatic ring is 1. The highest BCUT2D eigenvalue weighted by atomic mass is 16.4. The van der Waals surface area contributed by atoms with Crippen LogP contribution in [0.4, 0.5) is 4.79 Å². The van der Waals surface area contributed by atoms with Crippen LogP contribution in [0, 0.1) is 5.41 Å².